The van der Waals surface area contributed by atoms with Gasteiger partial charge in [-0.15, -0.1) is 11.3 Å². The molecular weight excluding hydrogens is 454 g/mol. The molecule has 2 aliphatic rings. The van der Waals surface area contributed by atoms with Gasteiger partial charge in [0.2, 0.25) is 0 Å². The van der Waals surface area contributed by atoms with Gasteiger partial charge in [0, 0.05) is 23.7 Å². The van der Waals surface area contributed by atoms with E-state index in [4.69, 9.17) is 4.74 Å². The maximum absolute atomic E-state index is 13.5. The average molecular weight is 480 g/mol. The van der Waals surface area contributed by atoms with Crippen LogP contribution in [0, 0.1) is 0 Å². The highest BCUT2D eigenvalue weighted by molar-refractivity contribution is 7.10. The Balaban J connectivity index is 1.58. The van der Waals surface area contributed by atoms with Crippen molar-refractivity contribution in [2.75, 3.05) is 24.6 Å². The maximum Gasteiger partial charge on any atom is 0.338 e. The van der Waals surface area contributed by atoms with Gasteiger partial charge in [-0.2, -0.15) is 0 Å². The summed E-state index contributed by atoms with van der Waals surface area (Å²) < 4.78 is 7.55. The van der Waals surface area contributed by atoms with E-state index in [9.17, 15) is 9.59 Å². The van der Waals surface area contributed by atoms with Crippen LogP contribution < -0.4 is 19.8 Å². The third kappa shape index (κ3) is 4.09. The highest BCUT2D eigenvalue weighted by atomic mass is 32.1. The summed E-state index contributed by atoms with van der Waals surface area (Å²) in [4.78, 5) is 34.9. The zero-order valence-corrected chi connectivity index (χ0v) is 20.2. The number of esters is 1. The molecular formula is C25H25N3O3S2. The van der Waals surface area contributed by atoms with E-state index in [1.54, 1.807) is 18.4 Å². The Morgan fingerprint density at radius 3 is 2.64 bits per heavy atom. The summed E-state index contributed by atoms with van der Waals surface area (Å²) in [5.41, 5.74) is 3.06. The van der Waals surface area contributed by atoms with Gasteiger partial charge in [-0.3, -0.25) is 9.36 Å². The number of carbonyl (C=O) groups excluding carboxylic acids is 1. The number of thiophene rings is 1. The first-order valence-electron chi connectivity index (χ1n) is 11.1. The maximum atomic E-state index is 13.5. The summed E-state index contributed by atoms with van der Waals surface area (Å²) in [7, 11) is 0. The van der Waals surface area contributed by atoms with E-state index in [1.807, 2.05) is 23.6 Å². The van der Waals surface area contributed by atoms with Crippen LogP contribution in [0.4, 0.5) is 5.69 Å². The Hall–Kier alpha value is -2.97. The van der Waals surface area contributed by atoms with Gasteiger partial charge in [0.05, 0.1) is 22.4 Å². The van der Waals surface area contributed by atoms with Crippen molar-refractivity contribution in [2.45, 2.75) is 32.7 Å². The van der Waals surface area contributed by atoms with Crippen LogP contribution in [0.15, 0.2) is 62.8 Å². The van der Waals surface area contributed by atoms with E-state index in [0.717, 1.165) is 23.5 Å². The molecule has 8 heteroatoms. The lowest BCUT2D eigenvalue weighted by molar-refractivity contribution is -0.139. The molecule has 0 radical (unpaired) electrons. The molecule has 0 spiro atoms. The van der Waals surface area contributed by atoms with Crippen molar-refractivity contribution in [1.82, 2.24) is 4.57 Å². The molecule has 33 heavy (non-hydrogen) atoms. The van der Waals surface area contributed by atoms with E-state index in [1.165, 1.54) is 41.2 Å². The third-order valence-corrected chi connectivity index (χ3v) is 7.90. The van der Waals surface area contributed by atoms with E-state index in [-0.39, 0.29) is 12.2 Å². The number of thiazole rings is 1. The van der Waals surface area contributed by atoms with Crippen molar-refractivity contribution in [3.05, 3.63) is 83.2 Å². The monoisotopic (exact) mass is 479 g/mol. The Kier molecular flexibility index (Phi) is 6.03. The molecule has 4 heterocycles. The summed E-state index contributed by atoms with van der Waals surface area (Å²) in [6, 6.07) is 11.7. The predicted octanol–water partition coefficient (Wildman–Crippen LogP) is 3.46. The average Bonchev–Trinajstić information content (AvgIpc) is 3.57. The molecule has 3 aromatic rings. The minimum atomic E-state index is -0.528. The number of ether oxygens (including phenoxy) is 1. The van der Waals surface area contributed by atoms with Gasteiger partial charge < -0.3 is 9.64 Å². The van der Waals surface area contributed by atoms with Crippen molar-refractivity contribution >= 4 is 40.4 Å². The van der Waals surface area contributed by atoms with Gasteiger partial charge >= 0.3 is 5.97 Å². The first kappa shape index (κ1) is 21.9. The third-order valence-electron chi connectivity index (χ3n) is 5.99. The van der Waals surface area contributed by atoms with Gasteiger partial charge in [0.25, 0.3) is 5.56 Å². The number of aromatic nitrogens is 1. The number of fused-ring (bicyclic) bond motifs is 1. The van der Waals surface area contributed by atoms with Crippen LogP contribution in [0.2, 0.25) is 0 Å². The number of rotatable bonds is 5. The number of allylic oxidation sites excluding steroid dienone is 1. The van der Waals surface area contributed by atoms with Gasteiger partial charge in [0.15, 0.2) is 4.80 Å². The van der Waals surface area contributed by atoms with Crippen LogP contribution in [0.3, 0.4) is 0 Å². The topological polar surface area (TPSA) is 63.9 Å². The largest absolute Gasteiger partial charge is 0.463 e. The number of hydrogen-bond acceptors (Lipinski definition) is 7. The fourth-order valence-electron chi connectivity index (χ4n) is 4.42. The standard InChI is InChI=1S/C25H25N3O3S2/c1-3-31-24(30)21-16(2)26-25-28(22(21)19-7-6-14-32-19)23(29)20(33-25)15-17-8-10-18(11-9-17)27-12-4-5-13-27/h6-11,14-15,22H,3-5,12-13H2,1-2H3/b20-15+/t22-/m0/s1. The number of hydrogen-bond donors (Lipinski definition) is 0. The molecule has 0 amide bonds. The lowest BCUT2D eigenvalue weighted by Gasteiger charge is -2.23. The lowest BCUT2D eigenvalue weighted by atomic mass is 10.0. The number of carbonyl (C=O) groups is 1. The van der Waals surface area contributed by atoms with Crippen molar-refractivity contribution < 1.29 is 9.53 Å². The van der Waals surface area contributed by atoms with E-state index in [2.05, 4.69) is 34.2 Å². The number of nitrogens with zero attached hydrogens (tertiary/aromatic N) is 3. The molecule has 6 nitrogen and oxygen atoms in total. The van der Waals surface area contributed by atoms with Gasteiger partial charge in [-0.25, -0.2) is 9.79 Å². The molecule has 1 fully saturated rings. The quantitative estimate of drug-likeness (QED) is 0.526. The smallest absolute Gasteiger partial charge is 0.338 e. The molecule has 2 aliphatic heterocycles. The van der Waals surface area contributed by atoms with E-state index < -0.39 is 12.0 Å². The molecule has 0 aliphatic carbocycles. The molecule has 0 saturated carbocycles. The van der Waals surface area contributed by atoms with Crippen LogP contribution in [0.1, 0.15) is 43.2 Å². The number of anilines is 1. The fourth-order valence-corrected chi connectivity index (χ4v) is 6.29. The Labute approximate surface area is 199 Å². The predicted molar refractivity (Wildman–Crippen MR) is 133 cm³/mol. The second kappa shape index (κ2) is 9.11. The molecule has 5 rings (SSSR count). The second-order valence-corrected chi connectivity index (χ2v) is 10.1. The van der Waals surface area contributed by atoms with E-state index >= 15 is 0 Å². The lowest BCUT2D eigenvalue weighted by Crippen LogP contribution is -2.39. The first-order chi connectivity index (χ1) is 16.1. The molecule has 2 aromatic heterocycles. The van der Waals surface area contributed by atoms with Crippen molar-refractivity contribution in [1.29, 1.82) is 0 Å². The van der Waals surface area contributed by atoms with E-state index in [0.29, 0.717) is 20.6 Å². The van der Waals surface area contributed by atoms with Crippen molar-refractivity contribution in [3.8, 4) is 0 Å². The Bertz CT molecular complexity index is 1380. The first-order valence-corrected chi connectivity index (χ1v) is 12.8. The summed E-state index contributed by atoms with van der Waals surface area (Å²) >= 11 is 2.87. The fraction of sp³-hybridized carbons (Fsp3) is 0.320. The van der Waals surface area contributed by atoms with Gasteiger partial charge in [-0.1, -0.05) is 29.5 Å². The van der Waals surface area contributed by atoms with Crippen LogP contribution in [0.5, 0.6) is 0 Å². The second-order valence-electron chi connectivity index (χ2n) is 8.10. The van der Waals surface area contributed by atoms with Crippen LogP contribution in [-0.2, 0) is 9.53 Å². The normalized spacial score (nSPS) is 18.4. The van der Waals surface area contributed by atoms with Crippen molar-refractivity contribution in [2.24, 2.45) is 4.99 Å². The van der Waals surface area contributed by atoms with Crippen LogP contribution >= 0.6 is 22.7 Å². The highest BCUT2D eigenvalue weighted by Crippen LogP contribution is 2.33. The summed E-state index contributed by atoms with van der Waals surface area (Å²) in [6.45, 7) is 6.05. The minimum Gasteiger partial charge on any atom is -0.463 e. The molecule has 0 unspecified atom stereocenters. The van der Waals surface area contributed by atoms with Crippen LogP contribution in [-0.4, -0.2) is 30.2 Å². The minimum absolute atomic E-state index is 0.143. The van der Waals surface area contributed by atoms with Gasteiger partial charge in [-0.05, 0) is 61.9 Å². The summed E-state index contributed by atoms with van der Waals surface area (Å²) in [5, 5.41) is 1.95. The zero-order chi connectivity index (χ0) is 22.9. The molecule has 0 N–H and O–H groups in total. The molecule has 1 aromatic carbocycles. The zero-order valence-electron chi connectivity index (χ0n) is 18.6. The van der Waals surface area contributed by atoms with Crippen molar-refractivity contribution in [3.63, 3.8) is 0 Å². The number of benzene rings is 1. The molecule has 0 bridgehead atoms. The molecule has 1 atom stereocenters. The summed E-state index contributed by atoms with van der Waals surface area (Å²) in [5.74, 6) is -0.427. The van der Waals surface area contributed by atoms with Gasteiger partial charge in [0.1, 0.15) is 6.04 Å². The highest BCUT2D eigenvalue weighted by Gasteiger charge is 2.33. The Morgan fingerprint density at radius 2 is 1.97 bits per heavy atom. The molecule has 1 saturated heterocycles. The molecule has 170 valence electrons. The SMILES string of the molecule is CCOC(=O)C1=C(C)N=c2s/c(=C/c3ccc(N4CCCC4)cc3)c(=O)n2[C@H]1c1cccs1. The van der Waals surface area contributed by atoms with Crippen LogP contribution in [0.25, 0.3) is 6.08 Å². The Morgan fingerprint density at radius 1 is 1.21 bits per heavy atom. The summed E-state index contributed by atoms with van der Waals surface area (Å²) in [6.07, 6.45) is 4.38.